The largest absolute Gasteiger partial charge is 0.495 e. The normalized spacial score (nSPS) is 15.0. The summed E-state index contributed by atoms with van der Waals surface area (Å²) in [5, 5.41) is 16.7. The molecule has 12 nitrogen and oxygen atoms in total. The van der Waals surface area contributed by atoms with Gasteiger partial charge in [0.25, 0.3) is 5.91 Å². The van der Waals surface area contributed by atoms with Crippen molar-refractivity contribution in [1.29, 1.82) is 5.26 Å². The molecule has 1 N–H and O–H groups in total. The van der Waals surface area contributed by atoms with Crippen LogP contribution in [0.4, 0.5) is 20.4 Å². The zero-order chi connectivity index (χ0) is 29.7. The van der Waals surface area contributed by atoms with Gasteiger partial charge in [-0.1, -0.05) is 6.07 Å². The van der Waals surface area contributed by atoms with Gasteiger partial charge in [-0.15, -0.1) is 0 Å². The molecule has 3 heterocycles. The zero-order valence-electron chi connectivity index (χ0n) is 22.7. The molecule has 0 saturated carbocycles. The number of hydrogen-bond acceptors (Lipinski definition) is 10. The van der Waals surface area contributed by atoms with E-state index in [1.54, 1.807) is 47.7 Å². The Balaban J connectivity index is 1.28. The van der Waals surface area contributed by atoms with Crippen molar-refractivity contribution in [3.63, 3.8) is 0 Å². The lowest BCUT2D eigenvalue weighted by Crippen LogP contribution is -2.49. The molecule has 216 valence electrons. The summed E-state index contributed by atoms with van der Waals surface area (Å²) in [6.45, 7) is 1.33. The molecule has 2 aromatic carbocycles. The molecule has 0 radical (unpaired) electrons. The molecule has 1 atom stereocenters. The minimum Gasteiger partial charge on any atom is -0.495 e. The molecule has 0 aliphatic carbocycles. The number of rotatable bonds is 9. The summed E-state index contributed by atoms with van der Waals surface area (Å²) in [6.07, 6.45) is 2.60. The smallest absolute Gasteiger partial charge is 0.373 e. The van der Waals surface area contributed by atoms with Crippen molar-refractivity contribution in [2.24, 2.45) is 0 Å². The first-order chi connectivity index (χ1) is 20.2. The molecule has 1 aliphatic rings. The molecule has 14 heteroatoms. The SMILES string of the molecule is COc1cc(C(=O)N2CCOC(F)(F)C2)ccc1Nc1ncc(-c2ccc(C#N)c(OC(C)Cn3cncn3)c2)cn1. The van der Waals surface area contributed by atoms with E-state index in [0.717, 1.165) is 10.5 Å². The Morgan fingerprint density at radius 2 is 2.00 bits per heavy atom. The van der Waals surface area contributed by atoms with Gasteiger partial charge in [0.05, 0.1) is 31.5 Å². The summed E-state index contributed by atoms with van der Waals surface area (Å²) in [6, 6.07) is 11.9. The maximum Gasteiger partial charge on any atom is 0.373 e. The van der Waals surface area contributed by atoms with E-state index in [-0.39, 0.29) is 30.8 Å². The third-order valence-electron chi connectivity index (χ3n) is 6.36. The molecule has 1 unspecified atom stereocenters. The van der Waals surface area contributed by atoms with Crippen LogP contribution in [0.3, 0.4) is 0 Å². The second-order valence-corrected chi connectivity index (χ2v) is 9.42. The van der Waals surface area contributed by atoms with Gasteiger partial charge in [-0.3, -0.25) is 4.79 Å². The van der Waals surface area contributed by atoms with Crippen LogP contribution < -0.4 is 14.8 Å². The van der Waals surface area contributed by atoms with Crippen molar-refractivity contribution in [3.8, 4) is 28.7 Å². The molecule has 1 fully saturated rings. The van der Waals surface area contributed by atoms with Crippen molar-refractivity contribution in [2.75, 3.05) is 32.1 Å². The highest BCUT2D eigenvalue weighted by molar-refractivity contribution is 5.95. The Bertz CT molecular complexity index is 1590. The number of benzene rings is 2. The second-order valence-electron chi connectivity index (χ2n) is 9.42. The van der Waals surface area contributed by atoms with Gasteiger partial charge >= 0.3 is 6.11 Å². The average Bonchev–Trinajstić information content (AvgIpc) is 3.49. The predicted molar refractivity (Wildman–Crippen MR) is 145 cm³/mol. The molecular formula is C28H26F2N8O4. The molecular weight excluding hydrogens is 550 g/mol. The van der Waals surface area contributed by atoms with Gasteiger partial charge in [0.15, 0.2) is 0 Å². The standard InChI is InChI=1S/C28H26F2N8O4/c1-18(14-38-17-32-16-35-38)42-24-9-19(3-4-21(24)11-31)22-12-33-27(34-13-22)36-23-6-5-20(10-25(23)40-2)26(39)37-7-8-41-28(29,30)15-37/h3-6,9-10,12-13,16-18H,7-8,14-15H2,1-2H3,(H,33,34,36). The molecule has 1 aliphatic heterocycles. The number of methoxy groups -OCH3 is 1. The number of carbonyl (C=O) groups excluding carboxylic acids is 1. The highest BCUT2D eigenvalue weighted by Crippen LogP contribution is 2.31. The van der Waals surface area contributed by atoms with Gasteiger partial charge in [-0.25, -0.2) is 19.6 Å². The van der Waals surface area contributed by atoms with Gasteiger partial charge in [0, 0.05) is 30.1 Å². The molecule has 5 rings (SSSR count). The van der Waals surface area contributed by atoms with Crippen LogP contribution >= 0.6 is 0 Å². The molecule has 1 saturated heterocycles. The number of nitriles is 1. The lowest BCUT2D eigenvalue weighted by atomic mass is 10.1. The summed E-state index contributed by atoms with van der Waals surface area (Å²) in [7, 11) is 1.43. The van der Waals surface area contributed by atoms with Gasteiger partial charge in [-0.2, -0.15) is 19.1 Å². The summed E-state index contributed by atoms with van der Waals surface area (Å²) >= 11 is 0. The number of nitrogens with zero attached hydrogens (tertiary/aromatic N) is 7. The monoisotopic (exact) mass is 576 g/mol. The van der Waals surface area contributed by atoms with Crippen molar-refractivity contribution in [2.45, 2.75) is 25.7 Å². The van der Waals surface area contributed by atoms with Crippen molar-refractivity contribution in [3.05, 3.63) is 72.6 Å². The lowest BCUT2D eigenvalue weighted by Gasteiger charge is -2.32. The highest BCUT2D eigenvalue weighted by atomic mass is 19.3. The van der Waals surface area contributed by atoms with E-state index in [1.165, 1.54) is 25.6 Å². The maximum atomic E-state index is 13.6. The van der Waals surface area contributed by atoms with Crippen LogP contribution in [0.5, 0.6) is 11.5 Å². The van der Waals surface area contributed by atoms with Gasteiger partial charge in [0.2, 0.25) is 5.95 Å². The van der Waals surface area contributed by atoms with Crippen molar-refractivity contribution >= 4 is 17.5 Å². The number of carbonyl (C=O) groups is 1. The Kier molecular flexibility index (Phi) is 8.21. The Hall–Kier alpha value is -5.16. The topological polar surface area (TPSA) is 140 Å². The van der Waals surface area contributed by atoms with E-state index in [2.05, 4.69) is 36.2 Å². The minimum atomic E-state index is -3.38. The Labute approximate surface area is 239 Å². The van der Waals surface area contributed by atoms with Crippen LogP contribution in [0.1, 0.15) is 22.8 Å². The minimum absolute atomic E-state index is 0.0613. The van der Waals surface area contributed by atoms with Crippen LogP contribution in [0.15, 0.2) is 61.4 Å². The maximum absolute atomic E-state index is 13.6. The number of anilines is 2. The first-order valence-electron chi connectivity index (χ1n) is 12.9. The van der Waals surface area contributed by atoms with Crippen LogP contribution in [-0.4, -0.2) is 74.6 Å². The number of morpholine rings is 1. The van der Waals surface area contributed by atoms with Crippen LogP contribution in [0.2, 0.25) is 0 Å². The average molecular weight is 577 g/mol. The van der Waals surface area contributed by atoms with Crippen molar-refractivity contribution in [1.82, 2.24) is 29.6 Å². The third kappa shape index (κ3) is 6.58. The van der Waals surface area contributed by atoms with Crippen LogP contribution in [0, 0.1) is 11.3 Å². The number of nitrogens with one attached hydrogen (secondary N) is 1. The first kappa shape index (κ1) is 28.4. The number of hydrogen-bond donors (Lipinski definition) is 1. The molecule has 1 amide bonds. The second kappa shape index (κ2) is 12.1. The van der Waals surface area contributed by atoms with E-state index in [0.29, 0.717) is 34.9 Å². The Morgan fingerprint density at radius 3 is 2.69 bits per heavy atom. The number of alkyl halides is 2. The fourth-order valence-corrected chi connectivity index (χ4v) is 4.33. The quantitative estimate of drug-likeness (QED) is 0.312. The third-order valence-corrected chi connectivity index (χ3v) is 6.36. The number of halogens is 2. The summed E-state index contributed by atoms with van der Waals surface area (Å²) < 4.78 is 44.7. The van der Waals surface area contributed by atoms with Crippen LogP contribution in [-0.2, 0) is 11.3 Å². The van der Waals surface area contributed by atoms with Crippen LogP contribution in [0.25, 0.3) is 11.1 Å². The Morgan fingerprint density at radius 1 is 1.19 bits per heavy atom. The first-order valence-corrected chi connectivity index (χ1v) is 12.9. The van der Waals surface area contributed by atoms with Crippen molar-refractivity contribution < 1.29 is 27.8 Å². The molecule has 42 heavy (non-hydrogen) atoms. The van der Waals surface area contributed by atoms with Gasteiger partial charge in [-0.05, 0) is 42.8 Å². The summed E-state index contributed by atoms with van der Waals surface area (Å²) in [5.41, 5.74) is 2.50. The van der Waals surface area contributed by atoms with E-state index in [4.69, 9.17) is 9.47 Å². The van der Waals surface area contributed by atoms with E-state index in [1.807, 2.05) is 6.92 Å². The number of amides is 1. The van der Waals surface area contributed by atoms with Gasteiger partial charge < -0.3 is 24.4 Å². The fraction of sp³-hybridized carbons (Fsp3) is 0.286. The summed E-state index contributed by atoms with van der Waals surface area (Å²) in [4.78, 5) is 26.5. The molecule has 0 bridgehead atoms. The molecule has 2 aromatic heterocycles. The number of ether oxygens (including phenoxy) is 3. The predicted octanol–water partition coefficient (Wildman–Crippen LogP) is 3.89. The van der Waals surface area contributed by atoms with Gasteiger partial charge in [0.1, 0.15) is 42.9 Å². The fourth-order valence-electron chi connectivity index (χ4n) is 4.33. The van der Waals surface area contributed by atoms with E-state index in [9.17, 15) is 18.8 Å². The van der Waals surface area contributed by atoms with E-state index >= 15 is 0 Å². The molecule has 4 aromatic rings. The lowest BCUT2D eigenvalue weighted by molar-refractivity contribution is -0.263. The molecule has 0 spiro atoms. The number of aromatic nitrogens is 5. The highest BCUT2D eigenvalue weighted by Gasteiger charge is 2.38. The summed E-state index contributed by atoms with van der Waals surface area (Å²) in [5.74, 6) is 0.435. The zero-order valence-corrected chi connectivity index (χ0v) is 22.7. The van der Waals surface area contributed by atoms with E-state index < -0.39 is 18.6 Å².